The summed E-state index contributed by atoms with van der Waals surface area (Å²) in [5, 5.41) is 0. The maximum absolute atomic E-state index is 6.02. The number of nitrogens with one attached hydrogen (secondary N) is 1. The first-order valence-corrected chi connectivity index (χ1v) is 6.44. The number of hydroxylamine groups is 1. The van der Waals surface area contributed by atoms with Gasteiger partial charge in [-0.05, 0) is 12.5 Å². The summed E-state index contributed by atoms with van der Waals surface area (Å²) in [5.41, 5.74) is 6.45. The summed E-state index contributed by atoms with van der Waals surface area (Å²) in [5.74, 6) is 0.954. The summed E-state index contributed by atoms with van der Waals surface area (Å²) >= 11 is 0. The van der Waals surface area contributed by atoms with Gasteiger partial charge in [0.15, 0.2) is 0 Å². The van der Waals surface area contributed by atoms with Crippen molar-refractivity contribution in [2.24, 2.45) is 0 Å². The molecule has 1 aliphatic heterocycles. The Balaban J connectivity index is 2.07. The highest BCUT2D eigenvalue weighted by Gasteiger charge is 2.33. The summed E-state index contributed by atoms with van der Waals surface area (Å²) in [7, 11) is 1.63. The minimum absolute atomic E-state index is 0.0554. The third-order valence-electron chi connectivity index (χ3n) is 3.48. The Morgan fingerprint density at radius 1 is 1.05 bits per heavy atom. The van der Waals surface area contributed by atoms with Crippen LogP contribution >= 0.6 is 0 Å². The molecule has 1 N–H and O–H groups in total. The standard InChI is InChI=1S/C16H17NO2/c1-11-15(17-18-2)14-10-6-9-13(16(14)19-11)12-7-4-3-5-8-12/h3-11,15,17H,1-2H3. The van der Waals surface area contributed by atoms with Gasteiger partial charge in [0.05, 0.1) is 13.2 Å². The Labute approximate surface area is 113 Å². The first-order chi connectivity index (χ1) is 9.31. The summed E-state index contributed by atoms with van der Waals surface area (Å²) in [6.45, 7) is 2.05. The van der Waals surface area contributed by atoms with E-state index in [-0.39, 0.29) is 12.1 Å². The summed E-state index contributed by atoms with van der Waals surface area (Å²) in [4.78, 5) is 5.07. The lowest BCUT2D eigenvalue weighted by Gasteiger charge is -2.14. The lowest BCUT2D eigenvalue weighted by molar-refractivity contribution is 0.0340. The summed E-state index contributed by atoms with van der Waals surface area (Å²) in [6.07, 6.45) is 0.0554. The number of hydrogen-bond donors (Lipinski definition) is 1. The highest BCUT2D eigenvalue weighted by molar-refractivity contribution is 5.73. The fourth-order valence-electron chi connectivity index (χ4n) is 2.57. The number of ether oxygens (including phenoxy) is 1. The summed E-state index contributed by atoms with van der Waals surface area (Å²) < 4.78 is 6.02. The highest BCUT2D eigenvalue weighted by Crippen LogP contribution is 2.43. The molecule has 1 heterocycles. The molecule has 3 nitrogen and oxygen atoms in total. The molecule has 3 heteroatoms. The molecular formula is C16H17NO2. The molecular weight excluding hydrogens is 238 g/mol. The van der Waals surface area contributed by atoms with Gasteiger partial charge >= 0.3 is 0 Å². The second-order valence-electron chi connectivity index (χ2n) is 4.71. The van der Waals surface area contributed by atoms with Crippen molar-refractivity contribution in [3.63, 3.8) is 0 Å². The third-order valence-corrected chi connectivity index (χ3v) is 3.48. The molecule has 3 rings (SSSR count). The van der Waals surface area contributed by atoms with Crippen molar-refractivity contribution in [3.8, 4) is 16.9 Å². The van der Waals surface area contributed by atoms with E-state index in [1.807, 2.05) is 25.1 Å². The Bertz CT molecular complexity index is 568. The Hall–Kier alpha value is -1.84. The van der Waals surface area contributed by atoms with E-state index in [1.165, 1.54) is 5.56 Å². The average molecular weight is 255 g/mol. The van der Waals surface area contributed by atoms with Gasteiger partial charge in [0.2, 0.25) is 0 Å². The van der Waals surface area contributed by atoms with Crippen LogP contribution in [0.3, 0.4) is 0 Å². The Morgan fingerprint density at radius 3 is 2.58 bits per heavy atom. The number of benzene rings is 2. The molecule has 2 aromatic carbocycles. The molecule has 2 aromatic rings. The lowest BCUT2D eigenvalue weighted by atomic mass is 9.98. The Kier molecular flexibility index (Phi) is 3.23. The first-order valence-electron chi connectivity index (χ1n) is 6.44. The second kappa shape index (κ2) is 5.03. The van der Waals surface area contributed by atoms with E-state index < -0.39 is 0 Å². The molecule has 2 atom stereocenters. The van der Waals surface area contributed by atoms with Crippen molar-refractivity contribution in [1.29, 1.82) is 0 Å². The molecule has 0 saturated carbocycles. The Morgan fingerprint density at radius 2 is 1.84 bits per heavy atom. The van der Waals surface area contributed by atoms with Gasteiger partial charge in [-0.25, -0.2) is 0 Å². The molecule has 0 saturated heterocycles. The van der Waals surface area contributed by atoms with Crippen molar-refractivity contribution in [1.82, 2.24) is 5.48 Å². The number of fused-ring (bicyclic) bond motifs is 1. The molecule has 19 heavy (non-hydrogen) atoms. The van der Waals surface area contributed by atoms with E-state index in [0.717, 1.165) is 16.9 Å². The van der Waals surface area contributed by atoms with E-state index >= 15 is 0 Å². The second-order valence-corrected chi connectivity index (χ2v) is 4.71. The van der Waals surface area contributed by atoms with Crippen molar-refractivity contribution >= 4 is 0 Å². The molecule has 0 fully saturated rings. The fraction of sp³-hybridized carbons (Fsp3) is 0.250. The quantitative estimate of drug-likeness (QED) is 0.853. The van der Waals surface area contributed by atoms with Gasteiger partial charge in [-0.1, -0.05) is 48.5 Å². The monoisotopic (exact) mass is 255 g/mol. The van der Waals surface area contributed by atoms with E-state index in [2.05, 4.69) is 35.8 Å². The molecule has 1 aliphatic rings. The van der Waals surface area contributed by atoms with Crippen LogP contribution in [0.25, 0.3) is 11.1 Å². The van der Waals surface area contributed by atoms with Crippen LogP contribution in [-0.4, -0.2) is 13.2 Å². The third kappa shape index (κ3) is 2.11. The zero-order chi connectivity index (χ0) is 13.2. The molecule has 2 unspecified atom stereocenters. The SMILES string of the molecule is CONC1c2cccc(-c3ccccc3)c2OC1C. The molecule has 0 bridgehead atoms. The van der Waals surface area contributed by atoms with Crippen molar-refractivity contribution in [2.45, 2.75) is 19.1 Å². The smallest absolute Gasteiger partial charge is 0.132 e. The van der Waals surface area contributed by atoms with Gasteiger partial charge in [0, 0.05) is 11.1 Å². The number of rotatable bonds is 3. The van der Waals surface area contributed by atoms with E-state index in [0.29, 0.717) is 0 Å². The van der Waals surface area contributed by atoms with Gasteiger partial charge in [-0.3, -0.25) is 0 Å². The van der Waals surface area contributed by atoms with Crippen LogP contribution in [-0.2, 0) is 4.84 Å². The van der Waals surface area contributed by atoms with Gasteiger partial charge in [0.25, 0.3) is 0 Å². The largest absolute Gasteiger partial charge is 0.488 e. The van der Waals surface area contributed by atoms with Crippen molar-refractivity contribution in [3.05, 3.63) is 54.1 Å². The van der Waals surface area contributed by atoms with Gasteiger partial charge in [-0.2, -0.15) is 5.48 Å². The number of hydrogen-bond acceptors (Lipinski definition) is 3. The van der Waals surface area contributed by atoms with Crippen LogP contribution in [0, 0.1) is 0 Å². The van der Waals surface area contributed by atoms with E-state index in [4.69, 9.17) is 9.57 Å². The van der Waals surface area contributed by atoms with Crippen LogP contribution in [0.15, 0.2) is 48.5 Å². The minimum Gasteiger partial charge on any atom is -0.488 e. The molecule has 0 amide bonds. The average Bonchev–Trinajstić information content (AvgIpc) is 2.77. The molecule has 0 aliphatic carbocycles. The van der Waals surface area contributed by atoms with E-state index in [1.54, 1.807) is 7.11 Å². The molecule has 0 spiro atoms. The van der Waals surface area contributed by atoms with Crippen molar-refractivity contribution < 1.29 is 9.57 Å². The zero-order valence-corrected chi connectivity index (χ0v) is 11.1. The predicted molar refractivity (Wildman–Crippen MR) is 74.9 cm³/mol. The van der Waals surface area contributed by atoms with Crippen molar-refractivity contribution in [2.75, 3.05) is 7.11 Å². The predicted octanol–water partition coefficient (Wildman–Crippen LogP) is 3.33. The van der Waals surface area contributed by atoms with Crippen LogP contribution in [0.1, 0.15) is 18.5 Å². The molecule has 98 valence electrons. The normalized spacial score (nSPS) is 20.9. The van der Waals surface area contributed by atoms with Gasteiger partial charge in [0.1, 0.15) is 11.9 Å². The van der Waals surface area contributed by atoms with Crippen LogP contribution in [0.5, 0.6) is 5.75 Å². The lowest BCUT2D eigenvalue weighted by Crippen LogP contribution is -2.27. The van der Waals surface area contributed by atoms with Gasteiger partial charge < -0.3 is 9.57 Å². The fourth-order valence-corrected chi connectivity index (χ4v) is 2.57. The molecule has 0 aromatic heterocycles. The van der Waals surface area contributed by atoms with Gasteiger partial charge in [-0.15, -0.1) is 0 Å². The molecule has 0 radical (unpaired) electrons. The highest BCUT2D eigenvalue weighted by atomic mass is 16.6. The zero-order valence-electron chi connectivity index (χ0n) is 11.1. The summed E-state index contributed by atoms with van der Waals surface area (Å²) in [6, 6.07) is 16.6. The van der Waals surface area contributed by atoms with E-state index in [9.17, 15) is 0 Å². The topological polar surface area (TPSA) is 30.5 Å². The maximum Gasteiger partial charge on any atom is 0.132 e. The first kappa shape index (κ1) is 12.2. The van der Waals surface area contributed by atoms with Crippen LogP contribution < -0.4 is 10.2 Å². The maximum atomic E-state index is 6.02. The number of para-hydroxylation sites is 1. The van der Waals surface area contributed by atoms with Crippen LogP contribution in [0.4, 0.5) is 0 Å². The minimum atomic E-state index is 0.0554. The van der Waals surface area contributed by atoms with Crippen LogP contribution in [0.2, 0.25) is 0 Å².